The molecule has 1 atom stereocenters. The predicted octanol–water partition coefficient (Wildman–Crippen LogP) is 4.08. The smallest absolute Gasteiger partial charge is 0.305 e. The largest absolute Gasteiger partial charge is 0.481 e. The van der Waals surface area contributed by atoms with E-state index in [0.717, 1.165) is 11.1 Å². The zero-order valence-electron chi connectivity index (χ0n) is 14.3. The first kappa shape index (κ1) is 17.3. The average molecular weight is 379 g/mol. The van der Waals surface area contributed by atoms with E-state index in [-0.39, 0.29) is 11.3 Å². The van der Waals surface area contributed by atoms with Crippen LogP contribution in [0.1, 0.15) is 18.0 Å². The van der Waals surface area contributed by atoms with Crippen molar-refractivity contribution in [1.29, 1.82) is 0 Å². The molecule has 3 aromatic rings. The lowest BCUT2D eigenvalue weighted by Gasteiger charge is -2.24. The molecular weight excluding hydrogens is 362 g/mol. The number of fused-ring (bicyclic) bond motifs is 1. The highest BCUT2D eigenvalue weighted by atomic mass is 32.2. The summed E-state index contributed by atoms with van der Waals surface area (Å²) in [6.45, 7) is 0. The Kier molecular flexibility index (Phi) is 4.20. The van der Waals surface area contributed by atoms with Crippen molar-refractivity contribution in [3.8, 4) is 11.1 Å². The average Bonchev–Trinajstić information content (AvgIpc) is 2.89. The number of para-hydroxylation sites is 1. The van der Waals surface area contributed by atoms with E-state index in [9.17, 15) is 18.3 Å². The quantitative estimate of drug-likeness (QED) is 0.741. The third kappa shape index (κ3) is 2.98. The van der Waals surface area contributed by atoms with Crippen molar-refractivity contribution in [2.24, 2.45) is 0 Å². The van der Waals surface area contributed by atoms with E-state index in [4.69, 9.17) is 0 Å². The van der Waals surface area contributed by atoms with Gasteiger partial charge in [0.1, 0.15) is 0 Å². The van der Waals surface area contributed by atoms with E-state index in [1.54, 1.807) is 48.5 Å². The Balaban J connectivity index is 1.90. The highest BCUT2D eigenvalue weighted by Gasteiger charge is 2.43. The molecule has 0 fully saturated rings. The minimum Gasteiger partial charge on any atom is -0.481 e. The topological polar surface area (TPSA) is 74.7 Å². The van der Waals surface area contributed by atoms with Gasteiger partial charge in [-0.05, 0) is 41.0 Å². The van der Waals surface area contributed by atoms with Crippen LogP contribution in [-0.4, -0.2) is 19.5 Å². The number of rotatable bonds is 4. The molecule has 3 aromatic carbocycles. The van der Waals surface area contributed by atoms with Gasteiger partial charge in [0.25, 0.3) is 10.0 Å². The van der Waals surface area contributed by atoms with E-state index in [2.05, 4.69) is 0 Å². The minimum absolute atomic E-state index is 0.164. The van der Waals surface area contributed by atoms with E-state index in [1.807, 2.05) is 30.3 Å². The van der Waals surface area contributed by atoms with Gasteiger partial charge in [-0.1, -0.05) is 54.6 Å². The number of carboxylic acids is 1. The third-order valence-corrected chi connectivity index (χ3v) is 6.59. The lowest BCUT2D eigenvalue weighted by Crippen LogP contribution is -2.29. The van der Waals surface area contributed by atoms with Crippen LogP contribution in [0.15, 0.2) is 83.8 Å². The number of anilines is 1. The van der Waals surface area contributed by atoms with E-state index in [1.165, 1.54) is 4.31 Å². The fourth-order valence-electron chi connectivity index (χ4n) is 3.51. The van der Waals surface area contributed by atoms with Gasteiger partial charge in [0.05, 0.1) is 23.0 Å². The molecule has 1 aliphatic heterocycles. The molecule has 1 aliphatic rings. The molecule has 0 bridgehead atoms. The van der Waals surface area contributed by atoms with Crippen molar-refractivity contribution in [2.75, 3.05) is 4.31 Å². The van der Waals surface area contributed by atoms with Crippen LogP contribution >= 0.6 is 0 Å². The van der Waals surface area contributed by atoms with Gasteiger partial charge >= 0.3 is 5.97 Å². The minimum atomic E-state index is -3.82. The maximum atomic E-state index is 13.2. The second kappa shape index (κ2) is 6.55. The van der Waals surface area contributed by atoms with Crippen LogP contribution in [0.4, 0.5) is 5.69 Å². The molecule has 0 radical (unpaired) electrons. The molecule has 0 aromatic heterocycles. The van der Waals surface area contributed by atoms with Gasteiger partial charge in [-0.2, -0.15) is 0 Å². The van der Waals surface area contributed by atoms with Gasteiger partial charge in [0.2, 0.25) is 0 Å². The summed E-state index contributed by atoms with van der Waals surface area (Å²) >= 11 is 0. The summed E-state index contributed by atoms with van der Waals surface area (Å²) in [6.07, 6.45) is -0.306. The van der Waals surface area contributed by atoms with Crippen molar-refractivity contribution < 1.29 is 18.3 Å². The molecule has 5 nitrogen and oxygen atoms in total. The number of carboxylic acid groups (broad SMARTS) is 1. The van der Waals surface area contributed by atoms with Gasteiger partial charge in [-0.25, -0.2) is 8.42 Å². The van der Waals surface area contributed by atoms with Crippen LogP contribution in [0.2, 0.25) is 0 Å². The number of nitrogens with zero attached hydrogens (tertiary/aromatic N) is 1. The van der Waals surface area contributed by atoms with Crippen LogP contribution < -0.4 is 4.31 Å². The molecule has 1 N–H and O–H groups in total. The lowest BCUT2D eigenvalue weighted by molar-refractivity contribution is -0.137. The Hall–Kier alpha value is -3.12. The van der Waals surface area contributed by atoms with Gasteiger partial charge in [-0.3, -0.25) is 9.10 Å². The van der Waals surface area contributed by atoms with Crippen LogP contribution in [0.3, 0.4) is 0 Å². The van der Waals surface area contributed by atoms with Crippen molar-refractivity contribution in [2.45, 2.75) is 17.4 Å². The Morgan fingerprint density at radius 3 is 2.15 bits per heavy atom. The van der Waals surface area contributed by atoms with Crippen LogP contribution in [0.25, 0.3) is 11.1 Å². The zero-order valence-corrected chi connectivity index (χ0v) is 15.1. The third-order valence-electron chi connectivity index (χ3n) is 4.67. The second-order valence-electron chi connectivity index (χ2n) is 6.37. The van der Waals surface area contributed by atoms with E-state index in [0.29, 0.717) is 11.3 Å². The maximum absolute atomic E-state index is 13.2. The number of benzene rings is 3. The Bertz CT molecular complexity index is 1100. The summed E-state index contributed by atoms with van der Waals surface area (Å²) in [4.78, 5) is 11.7. The molecule has 0 saturated carbocycles. The fourth-order valence-corrected chi connectivity index (χ4v) is 5.37. The molecule has 1 unspecified atom stereocenters. The van der Waals surface area contributed by atoms with Crippen LogP contribution in [-0.2, 0) is 14.8 Å². The van der Waals surface area contributed by atoms with Crippen molar-refractivity contribution in [3.05, 3.63) is 84.4 Å². The van der Waals surface area contributed by atoms with E-state index >= 15 is 0 Å². The zero-order chi connectivity index (χ0) is 19.0. The highest BCUT2D eigenvalue weighted by Crippen LogP contribution is 2.45. The first-order valence-electron chi connectivity index (χ1n) is 8.49. The van der Waals surface area contributed by atoms with Gasteiger partial charge < -0.3 is 5.11 Å². The first-order chi connectivity index (χ1) is 13.0. The SMILES string of the molecule is O=C(O)CC1c2cc(-c3ccccc3)ccc2S(=O)(=O)N1c1ccccc1. The molecule has 0 spiro atoms. The van der Waals surface area contributed by atoms with Crippen molar-refractivity contribution >= 4 is 21.7 Å². The number of aliphatic carboxylic acids is 1. The number of sulfonamides is 1. The first-order valence-corrected chi connectivity index (χ1v) is 9.93. The van der Waals surface area contributed by atoms with Crippen LogP contribution in [0, 0.1) is 0 Å². The van der Waals surface area contributed by atoms with Crippen molar-refractivity contribution in [3.63, 3.8) is 0 Å². The number of hydrogen-bond donors (Lipinski definition) is 1. The Morgan fingerprint density at radius 2 is 1.52 bits per heavy atom. The predicted molar refractivity (Wildman–Crippen MR) is 103 cm³/mol. The summed E-state index contributed by atoms with van der Waals surface area (Å²) in [5, 5.41) is 9.40. The molecule has 1 heterocycles. The molecule has 27 heavy (non-hydrogen) atoms. The summed E-state index contributed by atoms with van der Waals surface area (Å²) in [7, 11) is -3.82. The standard InChI is InChI=1S/C21H17NO4S/c23-21(24)14-19-18-13-16(15-7-3-1-4-8-15)11-12-20(18)27(25,26)22(19)17-9-5-2-6-10-17/h1-13,19H,14H2,(H,23,24). The molecule has 136 valence electrons. The van der Waals surface area contributed by atoms with Gasteiger partial charge in [0, 0.05) is 0 Å². The van der Waals surface area contributed by atoms with E-state index < -0.39 is 22.0 Å². The van der Waals surface area contributed by atoms with Crippen LogP contribution in [0.5, 0.6) is 0 Å². The summed E-state index contributed by atoms with van der Waals surface area (Å²) < 4.78 is 27.5. The normalized spacial score (nSPS) is 17.5. The second-order valence-corrected chi connectivity index (χ2v) is 8.15. The molecule has 6 heteroatoms. The summed E-state index contributed by atoms with van der Waals surface area (Å²) in [5.74, 6) is -1.05. The molecule has 0 saturated heterocycles. The Labute approximate surface area is 157 Å². The molecule has 4 rings (SSSR count). The summed E-state index contributed by atoms with van der Waals surface area (Å²) in [6, 6.07) is 22.6. The number of hydrogen-bond acceptors (Lipinski definition) is 3. The molecular formula is C21H17NO4S. The monoisotopic (exact) mass is 379 g/mol. The van der Waals surface area contributed by atoms with Gasteiger partial charge in [-0.15, -0.1) is 0 Å². The molecule has 0 aliphatic carbocycles. The number of carbonyl (C=O) groups is 1. The van der Waals surface area contributed by atoms with Crippen molar-refractivity contribution in [1.82, 2.24) is 0 Å². The lowest BCUT2D eigenvalue weighted by atomic mass is 9.97. The molecule has 0 amide bonds. The fraction of sp³-hybridized carbons (Fsp3) is 0.0952. The Morgan fingerprint density at radius 1 is 0.889 bits per heavy atom. The summed E-state index contributed by atoms with van der Waals surface area (Å²) in [5.41, 5.74) is 2.78. The highest BCUT2D eigenvalue weighted by molar-refractivity contribution is 7.93. The maximum Gasteiger partial charge on any atom is 0.305 e. The van der Waals surface area contributed by atoms with Gasteiger partial charge in [0.15, 0.2) is 0 Å².